The Bertz CT molecular complexity index is 616. The van der Waals surface area contributed by atoms with Gasteiger partial charge >= 0.3 is 0 Å². The van der Waals surface area contributed by atoms with Crippen LogP contribution in [0.1, 0.15) is 11.5 Å². The van der Waals surface area contributed by atoms with Crippen LogP contribution >= 0.6 is 11.3 Å². The molecule has 88 valence electrons. The molecule has 0 aliphatic carbocycles. The molecule has 0 atom stereocenters. The van der Waals surface area contributed by atoms with Crippen molar-refractivity contribution in [1.82, 2.24) is 4.57 Å². The van der Waals surface area contributed by atoms with E-state index in [9.17, 15) is 4.79 Å². The van der Waals surface area contributed by atoms with Crippen LogP contribution in [0.3, 0.4) is 0 Å². The fourth-order valence-corrected chi connectivity index (χ4v) is 2.00. The van der Waals surface area contributed by atoms with E-state index < -0.39 is 0 Å². The molecule has 0 aromatic carbocycles. The van der Waals surface area contributed by atoms with Crippen molar-refractivity contribution in [2.75, 3.05) is 0 Å². The summed E-state index contributed by atoms with van der Waals surface area (Å²) in [5.41, 5.74) is 0. The summed E-state index contributed by atoms with van der Waals surface area (Å²) >= 11 is 1.42. The molecule has 4 nitrogen and oxygen atoms in total. The molecule has 0 saturated heterocycles. The molecule has 0 aliphatic heterocycles. The van der Waals surface area contributed by atoms with E-state index >= 15 is 0 Å². The SMILES string of the molecule is Cc1ccc(/C=C/C(=O)N=c2sccn2C)o1. The Labute approximate surface area is 103 Å². The molecule has 0 bridgehead atoms. The molecule has 0 saturated carbocycles. The standard InChI is InChI=1S/C12H12N2O2S/c1-9-3-4-10(16-9)5-6-11(15)13-12-14(2)7-8-17-12/h3-8H,1-2H3/b6-5+,13-12?. The maximum Gasteiger partial charge on any atom is 0.272 e. The summed E-state index contributed by atoms with van der Waals surface area (Å²) in [6.07, 6.45) is 4.88. The number of hydrogen-bond acceptors (Lipinski definition) is 3. The average molecular weight is 248 g/mol. The molecular weight excluding hydrogens is 236 g/mol. The topological polar surface area (TPSA) is 47.5 Å². The van der Waals surface area contributed by atoms with Gasteiger partial charge in [0.15, 0.2) is 4.80 Å². The summed E-state index contributed by atoms with van der Waals surface area (Å²) in [6, 6.07) is 3.66. The van der Waals surface area contributed by atoms with E-state index in [1.54, 1.807) is 10.6 Å². The quantitative estimate of drug-likeness (QED) is 0.764. The second kappa shape index (κ2) is 4.97. The Morgan fingerprint density at radius 2 is 2.35 bits per heavy atom. The van der Waals surface area contributed by atoms with Gasteiger partial charge in [0, 0.05) is 24.7 Å². The number of thiazole rings is 1. The van der Waals surface area contributed by atoms with E-state index in [4.69, 9.17) is 4.42 Å². The largest absolute Gasteiger partial charge is 0.462 e. The van der Waals surface area contributed by atoms with Crippen molar-refractivity contribution in [2.45, 2.75) is 6.92 Å². The number of carbonyl (C=O) groups is 1. The van der Waals surface area contributed by atoms with E-state index in [-0.39, 0.29) is 5.91 Å². The first-order valence-corrected chi connectivity index (χ1v) is 5.96. The lowest BCUT2D eigenvalue weighted by molar-refractivity contribution is -0.113. The highest BCUT2D eigenvalue weighted by molar-refractivity contribution is 7.07. The number of nitrogens with zero attached hydrogens (tertiary/aromatic N) is 2. The summed E-state index contributed by atoms with van der Waals surface area (Å²) < 4.78 is 7.11. The molecule has 0 fully saturated rings. The van der Waals surface area contributed by atoms with Crippen LogP contribution in [-0.2, 0) is 11.8 Å². The number of aryl methyl sites for hydroxylation is 2. The van der Waals surface area contributed by atoms with Crippen molar-refractivity contribution in [3.8, 4) is 0 Å². The maximum absolute atomic E-state index is 11.5. The van der Waals surface area contributed by atoms with Crippen LogP contribution in [0.5, 0.6) is 0 Å². The van der Waals surface area contributed by atoms with Crippen LogP contribution < -0.4 is 4.80 Å². The summed E-state index contributed by atoms with van der Waals surface area (Å²) in [5, 5.41) is 1.88. The normalized spacial score (nSPS) is 12.5. The molecule has 0 unspecified atom stereocenters. The van der Waals surface area contributed by atoms with E-state index in [0.717, 1.165) is 5.76 Å². The van der Waals surface area contributed by atoms with Gasteiger partial charge in [0.05, 0.1) is 0 Å². The van der Waals surface area contributed by atoms with Gasteiger partial charge in [-0.1, -0.05) is 0 Å². The van der Waals surface area contributed by atoms with E-state index in [2.05, 4.69) is 4.99 Å². The van der Waals surface area contributed by atoms with Crippen LogP contribution in [0, 0.1) is 6.92 Å². The van der Waals surface area contributed by atoms with Gasteiger partial charge in [-0.3, -0.25) is 4.79 Å². The fourth-order valence-electron chi connectivity index (χ4n) is 1.26. The molecule has 2 heterocycles. The minimum Gasteiger partial charge on any atom is -0.462 e. The summed E-state index contributed by atoms with van der Waals surface area (Å²) in [4.78, 5) is 16.2. The minimum absolute atomic E-state index is 0.294. The van der Waals surface area contributed by atoms with Gasteiger partial charge in [-0.15, -0.1) is 11.3 Å². The summed E-state index contributed by atoms with van der Waals surface area (Å²) in [7, 11) is 1.85. The highest BCUT2D eigenvalue weighted by Gasteiger charge is 1.96. The molecule has 0 spiro atoms. The zero-order valence-corrected chi connectivity index (χ0v) is 10.4. The average Bonchev–Trinajstić information content (AvgIpc) is 2.86. The van der Waals surface area contributed by atoms with Gasteiger partial charge < -0.3 is 8.98 Å². The molecule has 2 rings (SSSR count). The Morgan fingerprint density at radius 1 is 1.53 bits per heavy atom. The van der Waals surface area contributed by atoms with Crippen molar-refractivity contribution < 1.29 is 9.21 Å². The first-order valence-electron chi connectivity index (χ1n) is 5.08. The molecule has 0 aliphatic rings. The lowest BCUT2D eigenvalue weighted by Gasteiger charge is -1.87. The van der Waals surface area contributed by atoms with Crippen molar-refractivity contribution in [1.29, 1.82) is 0 Å². The second-order valence-electron chi connectivity index (χ2n) is 3.53. The van der Waals surface area contributed by atoms with Crippen LogP contribution in [0.25, 0.3) is 6.08 Å². The molecule has 5 heteroatoms. The predicted molar refractivity (Wildman–Crippen MR) is 66.3 cm³/mol. The third kappa shape index (κ3) is 3.04. The lowest BCUT2D eigenvalue weighted by Crippen LogP contribution is -2.11. The first-order chi connectivity index (χ1) is 8.15. The van der Waals surface area contributed by atoms with Gasteiger partial charge in [-0.05, 0) is 25.1 Å². The number of amides is 1. The van der Waals surface area contributed by atoms with Crippen LogP contribution in [0.15, 0.2) is 39.2 Å². The van der Waals surface area contributed by atoms with Crippen molar-refractivity contribution >= 4 is 23.3 Å². The highest BCUT2D eigenvalue weighted by Crippen LogP contribution is 2.07. The van der Waals surface area contributed by atoms with Crippen LogP contribution in [-0.4, -0.2) is 10.5 Å². The third-order valence-electron chi connectivity index (χ3n) is 2.12. The molecule has 1 amide bonds. The Morgan fingerprint density at radius 3 is 2.94 bits per heavy atom. The van der Waals surface area contributed by atoms with Crippen molar-refractivity contribution in [3.63, 3.8) is 0 Å². The van der Waals surface area contributed by atoms with Crippen LogP contribution in [0.2, 0.25) is 0 Å². The van der Waals surface area contributed by atoms with Gasteiger partial charge in [0.25, 0.3) is 5.91 Å². The summed E-state index contributed by atoms with van der Waals surface area (Å²) in [6.45, 7) is 1.86. The predicted octanol–water partition coefficient (Wildman–Crippen LogP) is 2.13. The van der Waals surface area contributed by atoms with Crippen LogP contribution in [0.4, 0.5) is 0 Å². The number of furan rings is 1. The van der Waals surface area contributed by atoms with E-state index in [1.165, 1.54) is 17.4 Å². The van der Waals surface area contributed by atoms with E-state index in [0.29, 0.717) is 10.6 Å². The molecule has 2 aromatic rings. The Balaban J connectivity index is 2.13. The van der Waals surface area contributed by atoms with E-state index in [1.807, 2.05) is 37.7 Å². The Hall–Kier alpha value is -1.88. The lowest BCUT2D eigenvalue weighted by atomic mass is 10.4. The highest BCUT2D eigenvalue weighted by atomic mass is 32.1. The van der Waals surface area contributed by atoms with Crippen molar-refractivity contribution in [2.24, 2.45) is 12.0 Å². The zero-order chi connectivity index (χ0) is 12.3. The second-order valence-corrected chi connectivity index (χ2v) is 4.40. The smallest absolute Gasteiger partial charge is 0.272 e. The van der Waals surface area contributed by atoms with Crippen molar-refractivity contribution in [3.05, 3.63) is 46.1 Å². The molecular formula is C12H12N2O2S. The molecule has 17 heavy (non-hydrogen) atoms. The van der Waals surface area contributed by atoms with Gasteiger partial charge in [-0.25, -0.2) is 0 Å². The zero-order valence-electron chi connectivity index (χ0n) is 9.58. The van der Waals surface area contributed by atoms with Gasteiger partial charge in [0.1, 0.15) is 11.5 Å². The number of carbonyl (C=O) groups excluding carboxylic acids is 1. The summed E-state index contributed by atoms with van der Waals surface area (Å²) in [5.74, 6) is 1.18. The Kier molecular flexibility index (Phi) is 3.39. The van der Waals surface area contributed by atoms with Gasteiger partial charge in [-0.2, -0.15) is 4.99 Å². The molecule has 0 N–H and O–H groups in total. The maximum atomic E-state index is 11.5. The number of rotatable bonds is 2. The third-order valence-corrected chi connectivity index (χ3v) is 2.96. The number of aromatic nitrogens is 1. The number of hydrogen-bond donors (Lipinski definition) is 0. The first kappa shape index (κ1) is 11.6. The minimum atomic E-state index is -0.294. The monoisotopic (exact) mass is 248 g/mol. The van der Waals surface area contributed by atoms with Gasteiger partial charge in [0.2, 0.25) is 0 Å². The molecule has 0 radical (unpaired) electrons. The fraction of sp³-hybridized carbons (Fsp3) is 0.167. The molecule has 2 aromatic heterocycles.